The van der Waals surface area contributed by atoms with Crippen molar-refractivity contribution in [1.29, 1.82) is 5.41 Å². The number of nitrogens with one attached hydrogen (secondary N) is 1. The van der Waals surface area contributed by atoms with Gasteiger partial charge in [0.15, 0.2) is 0 Å². The van der Waals surface area contributed by atoms with Crippen LogP contribution in [0.3, 0.4) is 0 Å². The van der Waals surface area contributed by atoms with Gasteiger partial charge in [-0.1, -0.05) is 17.8 Å². The Morgan fingerprint density at radius 1 is 1.11 bits per heavy atom. The number of nitrogen functional groups attached to an aromatic ring is 1. The molecule has 0 heterocycles. The summed E-state index contributed by atoms with van der Waals surface area (Å²) in [5.41, 5.74) is 8.14. The van der Waals surface area contributed by atoms with Gasteiger partial charge in [-0.25, -0.2) is 4.39 Å². The number of rotatable bonds is 3. The molecule has 0 aliphatic heterocycles. The Balaban J connectivity index is 2.28. The minimum absolute atomic E-state index is 0.123. The van der Waals surface area contributed by atoms with Gasteiger partial charge in [0, 0.05) is 15.4 Å². The van der Waals surface area contributed by atoms with Crippen molar-refractivity contribution in [3.63, 3.8) is 0 Å². The number of aryl methyl sites for hydroxylation is 2. The molecule has 0 bridgehead atoms. The van der Waals surface area contributed by atoms with Crippen molar-refractivity contribution in [2.24, 2.45) is 5.73 Å². The predicted molar refractivity (Wildman–Crippen MR) is 77.5 cm³/mol. The summed E-state index contributed by atoms with van der Waals surface area (Å²) in [6.07, 6.45) is 0. The zero-order valence-electron chi connectivity index (χ0n) is 10.8. The molecule has 2 aromatic carbocycles. The number of nitrogens with two attached hydrogens (primary N) is 1. The van der Waals surface area contributed by atoms with Gasteiger partial charge in [-0.15, -0.1) is 0 Å². The molecule has 98 valence electrons. The Bertz CT molecular complexity index is 638. The maximum atomic E-state index is 13.9. The number of amidine groups is 1. The number of halogens is 1. The summed E-state index contributed by atoms with van der Waals surface area (Å²) in [4.78, 5) is 1.53. The second-order valence-electron chi connectivity index (χ2n) is 4.41. The Morgan fingerprint density at radius 3 is 2.42 bits per heavy atom. The summed E-state index contributed by atoms with van der Waals surface area (Å²) in [6.45, 7) is 4.08. The second-order valence-corrected chi connectivity index (χ2v) is 5.52. The van der Waals surface area contributed by atoms with E-state index >= 15 is 0 Å². The van der Waals surface area contributed by atoms with Crippen LogP contribution in [0.2, 0.25) is 0 Å². The lowest BCUT2D eigenvalue weighted by Crippen LogP contribution is -2.11. The van der Waals surface area contributed by atoms with E-state index in [1.54, 1.807) is 12.1 Å². The lowest BCUT2D eigenvalue weighted by molar-refractivity contribution is 0.601. The minimum atomic E-state index is -0.351. The molecule has 2 nitrogen and oxygen atoms in total. The molecule has 4 heteroatoms. The summed E-state index contributed by atoms with van der Waals surface area (Å²) in [6, 6.07) is 10.7. The molecular formula is C15H15FN2S. The second kappa shape index (κ2) is 5.45. The minimum Gasteiger partial charge on any atom is -0.384 e. The van der Waals surface area contributed by atoms with Crippen LogP contribution >= 0.6 is 11.8 Å². The predicted octanol–water partition coefficient (Wildman–Crippen LogP) is 3.88. The van der Waals surface area contributed by atoms with Crippen LogP contribution < -0.4 is 5.73 Å². The molecule has 0 saturated heterocycles. The monoisotopic (exact) mass is 274 g/mol. The summed E-state index contributed by atoms with van der Waals surface area (Å²) in [5, 5.41) is 7.28. The van der Waals surface area contributed by atoms with Crippen LogP contribution in [0.5, 0.6) is 0 Å². The molecule has 0 spiro atoms. The van der Waals surface area contributed by atoms with E-state index in [4.69, 9.17) is 11.1 Å². The molecule has 0 unspecified atom stereocenters. The molecule has 0 aliphatic carbocycles. The van der Waals surface area contributed by atoms with E-state index in [0.717, 1.165) is 4.90 Å². The first-order valence-electron chi connectivity index (χ1n) is 5.86. The van der Waals surface area contributed by atoms with Gasteiger partial charge in [0.1, 0.15) is 11.7 Å². The quantitative estimate of drug-likeness (QED) is 0.659. The Hall–Kier alpha value is -1.81. The van der Waals surface area contributed by atoms with E-state index in [1.807, 2.05) is 32.0 Å². The number of hydrogen-bond acceptors (Lipinski definition) is 2. The average Bonchev–Trinajstić information content (AvgIpc) is 2.36. The smallest absolute Gasteiger partial charge is 0.137 e. The highest BCUT2D eigenvalue weighted by molar-refractivity contribution is 7.99. The highest BCUT2D eigenvalue weighted by Crippen LogP contribution is 2.31. The molecule has 0 aromatic heterocycles. The van der Waals surface area contributed by atoms with Crippen molar-refractivity contribution in [2.75, 3.05) is 0 Å². The van der Waals surface area contributed by atoms with Crippen LogP contribution in [0.15, 0.2) is 46.2 Å². The summed E-state index contributed by atoms with van der Waals surface area (Å²) in [7, 11) is 0. The van der Waals surface area contributed by atoms with Gasteiger partial charge in [-0.3, -0.25) is 5.41 Å². The third-order valence-corrected chi connectivity index (χ3v) is 3.99. The van der Waals surface area contributed by atoms with Crippen LogP contribution in [-0.4, -0.2) is 5.84 Å². The normalized spacial score (nSPS) is 10.5. The number of hydrogen-bond donors (Lipinski definition) is 2. The lowest BCUT2D eigenvalue weighted by Gasteiger charge is -2.07. The first-order chi connectivity index (χ1) is 8.97. The summed E-state index contributed by atoms with van der Waals surface area (Å²) >= 11 is 1.37. The van der Waals surface area contributed by atoms with Gasteiger partial charge in [0.2, 0.25) is 0 Å². The Labute approximate surface area is 116 Å². The van der Waals surface area contributed by atoms with E-state index in [-0.39, 0.29) is 11.7 Å². The standard InChI is InChI=1S/C15H15FN2S/c1-9-3-5-12(7-10(9)2)19-14-6-4-11(15(17)18)8-13(14)16/h3-8H,1-2H3,(H3,17,18). The topological polar surface area (TPSA) is 49.9 Å². The molecule has 3 N–H and O–H groups in total. The van der Waals surface area contributed by atoms with E-state index in [1.165, 1.54) is 29.0 Å². The Kier molecular flexibility index (Phi) is 3.90. The van der Waals surface area contributed by atoms with E-state index in [2.05, 4.69) is 0 Å². The van der Waals surface area contributed by atoms with Crippen LogP contribution in [0.25, 0.3) is 0 Å². The molecule has 0 atom stereocenters. The van der Waals surface area contributed by atoms with Crippen molar-refractivity contribution in [3.8, 4) is 0 Å². The molecule has 0 amide bonds. The van der Waals surface area contributed by atoms with E-state index in [9.17, 15) is 4.39 Å². The van der Waals surface area contributed by atoms with Crippen molar-refractivity contribution in [1.82, 2.24) is 0 Å². The molecule has 0 aliphatic rings. The van der Waals surface area contributed by atoms with Crippen LogP contribution in [0, 0.1) is 25.1 Å². The fourth-order valence-electron chi connectivity index (χ4n) is 1.66. The van der Waals surface area contributed by atoms with Gasteiger partial charge in [-0.2, -0.15) is 0 Å². The first kappa shape index (κ1) is 13.6. The van der Waals surface area contributed by atoms with Crippen molar-refractivity contribution in [3.05, 3.63) is 58.9 Å². The van der Waals surface area contributed by atoms with Gasteiger partial charge < -0.3 is 5.73 Å². The van der Waals surface area contributed by atoms with Crippen LogP contribution in [-0.2, 0) is 0 Å². The fraction of sp³-hybridized carbons (Fsp3) is 0.133. The third kappa shape index (κ3) is 3.15. The Morgan fingerprint density at radius 2 is 1.84 bits per heavy atom. The third-order valence-electron chi connectivity index (χ3n) is 2.95. The SMILES string of the molecule is Cc1ccc(Sc2ccc(C(=N)N)cc2F)cc1C. The van der Waals surface area contributed by atoms with Gasteiger partial charge in [0.25, 0.3) is 0 Å². The highest BCUT2D eigenvalue weighted by Gasteiger charge is 2.07. The zero-order chi connectivity index (χ0) is 14.0. The largest absolute Gasteiger partial charge is 0.384 e. The molecule has 2 aromatic rings. The van der Waals surface area contributed by atoms with Crippen molar-refractivity contribution < 1.29 is 4.39 Å². The maximum absolute atomic E-state index is 13.9. The summed E-state index contributed by atoms with van der Waals surface area (Å²) < 4.78 is 13.9. The average molecular weight is 274 g/mol. The van der Waals surface area contributed by atoms with Crippen molar-refractivity contribution in [2.45, 2.75) is 23.6 Å². The number of benzene rings is 2. The molecule has 2 rings (SSSR count). The first-order valence-corrected chi connectivity index (χ1v) is 6.68. The van der Waals surface area contributed by atoms with Gasteiger partial charge in [0.05, 0.1) is 0 Å². The van der Waals surface area contributed by atoms with Gasteiger partial charge >= 0.3 is 0 Å². The fourth-order valence-corrected chi connectivity index (χ4v) is 2.57. The molecule has 0 saturated carbocycles. The molecule has 0 radical (unpaired) electrons. The van der Waals surface area contributed by atoms with Crippen LogP contribution in [0.1, 0.15) is 16.7 Å². The lowest BCUT2D eigenvalue weighted by atomic mass is 10.1. The molecule has 0 fully saturated rings. The maximum Gasteiger partial charge on any atom is 0.137 e. The van der Waals surface area contributed by atoms with Crippen LogP contribution in [0.4, 0.5) is 4.39 Å². The van der Waals surface area contributed by atoms with E-state index < -0.39 is 0 Å². The summed E-state index contributed by atoms with van der Waals surface area (Å²) in [5.74, 6) is -0.474. The van der Waals surface area contributed by atoms with Crippen molar-refractivity contribution >= 4 is 17.6 Å². The molecular weight excluding hydrogens is 259 g/mol. The van der Waals surface area contributed by atoms with Gasteiger partial charge in [-0.05, 0) is 55.3 Å². The zero-order valence-corrected chi connectivity index (χ0v) is 11.6. The molecule has 19 heavy (non-hydrogen) atoms. The highest BCUT2D eigenvalue weighted by atomic mass is 32.2. The van der Waals surface area contributed by atoms with E-state index in [0.29, 0.717) is 10.5 Å².